The number of nitrogens with zero attached hydrogens (tertiary/aromatic N) is 2. The van der Waals surface area contributed by atoms with E-state index in [1.807, 2.05) is 48.5 Å². The van der Waals surface area contributed by atoms with Gasteiger partial charge in [0, 0.05) is 16.8 Å². The topological polar surface area (TPSA) is 93.0 Å². The average Bonchev–Trinajstić information content (AvgIpc) is 3.46. The number of fused-ring (bicyclic) bond motifs is 1. The first-order valence-corrected chi connectivity index (χ1v) is 9.66. The molecule has 0 saturated heterocycles. The molecule has 31 heavy (non-hydrogen) atoms. The van der Waals surface area contributed by atoms with E-state index in [1.54, 1.807) is 37.6 Å². The van der Waals surface area contributed by atoms with Gasteiger partial charge in [0.2, 0.25) is 5.89 Å². The van der Waals surface area contributed by atoms with E-state index in [4.69, 9.17) is 9.15 Å². The minimum atomic E-state index is -0.222. The Bertz CT molecular complexity index is 1350. The molecule has 2 aromatic heterocycles. The lowest BCUT2D eigenvalue weighted by Gasteiger charge is -2.08. The summed E-state index contributed by atoms with van der Waals surface area (Å²) in [5.41, 5.74) is 5.00. The van der Waals surface area contributed by atoms with Gasteiger partial charge in [0.1, 0.15) is 11.3 Å². The van der Waals surface area contributed by atoms with Crippen molar-refractivity contribution < 1.29 is 13.9 Å². The third-order valence-electron chi connectivity index (χ3n) is 4.90. The number of oxazole rings is 1. The van der Waals surface area contributed by atoms with Gasteiger partial charge in [-0.15, -0.1) is 0 Å². The van der Waals surface area contributed by atoms with Crippen LogP contribution in [0, 0.1) is 0 Å². The Kier molecular flexibility index (Phi) is 4.68. The maximum Gasteiger partial charge on any atom is 0.255 e. The third-order valence-corrected chi connectivity index (χ3v) is 4.90. The number of H-pyrrole nitrogens is 1. The lowest BCUT2D eigenvalue weighted by molar-refractivity contribution is 0.102. The number of para-hydroxylation sites is 2. The van der Waals surface area contributed by atoms with Crippen molar-refractivity contribution in [2.24, 2.45) is 0 Å². The quantitative estimate of drug-likeness (QED) is 0.418. The largest absolute Gasteiger partial charge is 0.497 e. The number of nitrogens with one attached hydrogen (secondary N) is 2. The maximum absolute atomic E-state index is 12.7. The zero-order valence-corrected chi connectivity index (χ0v) is 16.6. The van der Waals surface area contributed by atoms with Gasteiger partial charge in [0.25, 0.3) is 5.91 Å². The van der Waals surface area contributed by atoms with E-state index in [2.05, 4.69) is 20.5 Å². The number of hydrogen-bond acceptors (Lipinski definition) is 5. The Hall–Kier alpha value is -4.39. The number of amides is 1. The summed E-state index contributed by atoms with van der Waals surface area (Å²) >= 11 is 0. The summed E-state index contributed by atoms with van der Waals surface area (Å²) in [5.74, 6) is 0.887. The first kappa shape index (κ1) is 18.6. The molecule has 152 valence electrons. The molecule has 2 heterocycles. The van der Waals surface area contributed by atoms with Crippen LogP contribution in [0.5, 0.6) is 5.75 Å². The molecule has 0 fully saturated rings. The first-order valence-electron chi connectivity index (χ1n) is 9.66. The molecule has 0 aliphatic carbocycles. The van der Waals surface area contributed by atoms with Crippen molar-refractivity contribution in [3.05, 3.63) is 84.6 Å². The standard InChI is InChI=1S/C24H18N4O3/c1-30-18-9-5-7-16(13-18)23(29)26-17-8-4-6-15(12-17)22-19(14-25-28-22)24-27-20-10-2-3-11-21(20)31-24/h2-14H,1H3,(H,25,28)(H,26,29). The minimum absolute atomic E-state index is 0.222. The van der Waals surface area contributed by atoms with Gasteiger partial charge >= 0.3 is 0 Å². The molecule has 7 nitrogen and oxygen atoms in total. The first-order chi connectivity index (χ1) is 15.2. The van der Waals surface area contributed by atoms with Crippen LogP contribution < -0.4 is 10.1 Å². The van der Waals surface area contributed by atoms with Gasteiger partial charge in [-0.05, 0) is 42.5 Å². The van der Waals surface area contributed by atoms with Crippen LogP contribution in [0.15, 0.2) is 83.4 Å². The molecule has 0 spiro atoms. The van der Waals surface area contributed by atoms with Crippen LogP contribution in [0.2, 0.25) is 0 Å². The fourth-order valence-corrected chi connectivity index (χ4v) is 3.38. The molecule has 2 N–H and O–H groups in total. The van der Waals surface area contributed by atoms with Crippen LogP contribution >= 0.6 is 0 Å². The van der Waals surface area contributed by atoms with E-state index in [-0.39, 0.29) is 5.91 Å². The molecular weight excluding hydrogens is 392 g/mol. The van der Waals surface area contributed by atoms with Gasteiger partial charge in [0.15, 0.2) is 5.58 Å². The molecule has 0 atom stereocenters. The second-order valence-corrected chi connectivity index (χ2v) is 6.91. The molecule has 5 rings (SSSR count). The van der Waals surface area contributed by atoms with Gasteiger partial charge in [-0.1, -0.05) is 30.3 Å². The number of rotatable bonds is 5. The van der Waals surface area contributed by atoms with Crippen molar-refractivity contribution in [2.45, 2.75) is 0 Å². The summed E-state index contributed by atoms with van der Waals surface area (Å²) in [6.45, 7) is 0. The van der Waals surface area contributed by atoms with Crippen molar-refractivity contribution in [1.29, 1.82) is 0 Å². The molecule has 1 amide bonds. The highest BCUT2D eigenvalue weighted by atomic mass is 16.5. The van der Waals surface area contributed by atoms with Gasteiger partial charge < -0.3 is 14.5 Å². The van der Waals surface area contributed by atoms with Crippen LogP contribution in [-0.4, -0.2) is 28.2 Å². The number of methoxy groups -OCH3 is 1. The van der Waals surface area contributed by atoms with E-state index in [9.17, 15) is 4.79 Å². The number of benzene rings is 3. The van der Waals surface area contributed by atoms with Gasteiger partial charge in [-0.25, -0.2) is 4.98 Å². The van der Waals surface area contributed by atoms with E-state index in [0.717, 1.165) is 22.3 Å². The number of ether oxygens (including phenoxy) is 1. The van der Waals surface area contributed by atoms with E-state index < -0.39 is 0 Å². The molecule has 7 heteroatoms. The monoisotopic (exact) mass is 410 g/mol. The highest BCUT2D eigenvalue weighted by molar-refractivity contribution is 6.04. The van der Waals surface area contributed by atoms with E-state index in [1.165, 1.54) is 0 Å². The molecule has 0 saturated carbocycles. The summed E-state index contributed by atoms with van der Waals surface area (Å²) < 4.78 is 11.1. The second kappa shape index (κ2) is 7.79. The highest BCUT2D eigenvalue weighted by Gasteiger charge is 2.16. The van der Waals surface area contributed by atoms with Crippen molar-refractivity contribution in [1.82, 2.24) is 15.2 Å². The Morgan fingerprint density at radius 2 is 1.90 bits per heavy atom. The number of aromatic nitrogens is 3. The zero-order chi connectivity index (χ0) is 21.2. The van der Waals surface area contributed by atoms with Crippen LogP contribution in [0.3, 0.4) is 0 Å². The number of anilines is 1. The fraction of sp³-hybridized carbons (Fsp3) is 0.0417. The molecular formula is C24H18N4O3. The summed E-state index contributed by atoms with van der Waals surface area (Å²) in [7, 11) is 1.57. The molecule has 0 aliphatic heterocycles. The highest BCUT2D eigenvalue weighted by Crippen LogP contribution is 2.32. The lowest BCUT2D eigenvalue weighted by atomic mass is 10.1. The Morgan fingerprint density at radius 1 is 1.03 bits per heavy atom. The fourth-order valence-electron chi connectivity index (χ4n) is 3.38. The summed E-state index contributed by atoms with van der Waals surface area (Å²) in [5, 5.41) is 10.1. The van der Waals surface area contributed by atoms with Crippen LogP contribution in [-0.2, 0) is 0 Å². The molecule has 0 unspecified atom stereocenters. The molecule has 0 bridgehead atoms. The summed E-state index contributed by atoms with van der Waals surface area (Å²) in [4.78, 5) is 17.2. The number of aromatic amines is 1. The Morgan fingerprint density at radius 3 is 2.77 bits per heavy atom. The third kappa shape index (κ3) is 3.64. The van der Waals surface area contributed by atoms with E-state index in [0.29, 0.717) is 28.5 Å². The normalized spacial score (nSPS) is 10.9. The van der Waals surface area contributed by atoms with Gasteiger partial charge in [-0.2, -0.15) is 5.10 Å². The second-order valence-electron chi connectivity index (χ2n) is 6.91. The predicted octanol–water partition coefficient (Wildman–Crippen LogP) is 5.15. The molecule has 0 aliphatic rings. The maximum atomic E-state index is 12.7. The molecule has 0 radical (unpaired) electrons. The summed E-state index contributed by atoms with van der Waals surface area (Å²) in [6, 6.07) is 22.1. The predicted molar refractivity (Wildman–Crippen MR) is 118 cm³/mol. The van der Waals surface area contributed by atoms with Crippen molar-refractivity contribution in [2.75, 3.05) is 12.4 Å². The van der Waals surface area contributed by atoms with Crippen LogP contribution in [0.25, 0.3) is 33.8 Å². The number of carbonyl (C=O) groups is 1. The van der Waals surface area contributed by atoms with Gasteiger partial charge in [0.05, 0.1) is 24.6 Å². The SMILES string of the molecule is COc1cccc(C(=O)Nc2cccc(-c3[nH]ncc3-c3nc4ccccc4o3)c2)c1. The van der Waals surface area contributed by atoms with Crippen LogP contribution in [0.1, 0.15) is 10.4 Å². The smallest absolute Gasteiger partial charge is 0.255 e. The zero-order valence-electron chi connectivity index (χ0n) is 16.6. The Balaban J connectivity index is 1.45. The lowest BCUT2D eigenvalue weighted by Crippen LogP contribution is -2.11. The summed E-state index contributed by atoms with van der Waals surface area (Å²) in [6.07, 6.45) is 1.68. The number of carbonyl (C=O) groups excluding carboxylic acids is 1. The molecule has 3 aromatic carbocycles. The average molecular weight is 410 g/mol. The number of hydrogen-bond donors (Lipinski definition) is 2. The molecule has 5 aromatic rings. The van der Waals surface area contributed by atoms with Crippen LogP contribution in [0.4, 0.5) is 5.69 Å². The van der Waals surface area contributed by atoms with Crippen molar-refractivity contribution >= 4 is 22.7 Å². The van der Waals surface area contributed by atoms with Gasteiger partial charge in [-0.3, -0.25) is 9.89 Å². The van der Waals surface area contributed by atoms with E-state index >= 15 is 0 Å². The van der Waals surface area contributed by atoms with Crippen molar-refractivity contribution in [3.63, 3.8) is 0 Å². The van der Waals surface area contributed by atoms with Crippen molar-refractivity contribution in [3.8, 4) is 28.5 Å². The minimum Gasteiger partial charge on any atom is -0.497 e. The Labute approximate surface area is 177 Å².